The Kier molecular flexibility index (Phi) is 4.44. The van der Waals surface area contributed by atoms with E-state index in [1.54, 1.807) is 6.07 Å². The topological polar surface area (TPSA) is 113 Å². The van der Waals surface area contributed by atoms with Gasteiger partial charge in [0.05, 0.1) is 0 Å². The summed E-state index contributed by atoms with van der Waals surface area (Å²) in [6.45, 7) is 0.122. The van der Waals surface area contributed by atoms with Crippen LogP contribution in [0.15, 0.2) is 34.6 Å². The van der Waals surface area contributed by atoms with Gasteiger partial charge < -0.3 is 4.98 Å². The van der Waals surface area contributed by atoms with Crippen LogP contribution in [0.2, 0.25) is 0 Å². The first-order valence-electron chi connectivity index (χ1n) is 6.05. The van der Waals surface area contributed by atoms with Crippen LogP contribution in [-0.2, 0) is 6.42 Å². The number of nitrogens with zero attached hydrogens (tertiary/aromatic N) is 6. The molecule has 2 aromatic rings. The normalized spacial score (nSPS) is 11.7. The Morgan fingerprint density at radius 2 is 2.15 bits per heavy atom. The summed E-state index contributed by atoms with van der Waals surface area (Å²) in [6.07, 6.45) is 2.95. The monoisotopic (exact) mass is 273 g/mol. The second kappa shape index (κ2) is 6.47. The van der Waals surface area contributed by atoms with Crippen molar-refractivity contribution in [3.8, 4) is 0 Å². The summed E-state index contributed by atoms with van der Waals surface area (Å²) < 4.78 is 13.2. The Labute approximate surface area is 113 Å². The molecule has 0 radical (unpaired) electrons. The summed E-state index contributed by atoms with van der Waals surface area (Å²) in [4.78, 5) is 8.45. The van der Waals surface area contributed by atoms with E-state index in [0.717, 1.165) is 16.5 Å². The van der Waals surface area contributed by atoms with Gasteiger partial charge in [0.15, 0.2) is 0 Å². The smallest absolute Gasteiger partial charge is 0.123 e. The van der Waals surface area contributed by atoms with Gasteiger partial charge >= 0.3 is 0 Å². The molecule has 0 saturated heterocycles. The molecule has 0 saturated carbocycles. The Morgan fingerprint density at radius 3 is 2.90 bits per heavy atom. The number of halogens is 1. The van der Waals surface area contributed by atoms with Gasteiger partial charge in [-0.15, -0.1) is 0 Å². The Morgan fingerprint density at radius 1 is 1.30 bits per heavy atom. The number of rotatable bonds is 6. The van der Waals surface area contributed by atoms with Crippen LogP contribution >= 0.6 is 0 Å². The number of nitrogens with one attached hydrogen (secondary N) is 1. The number of aromatic nitrogens is 1. The van der Waals surface area contributed by atoms with Crippen molar-refractivity contribution < 1.29 is 4.39 Å². The molecular weight excluding hydrogens is 261 g/mol. The molecule has 0 aliphatic carbocycles. The number of hydrogen-bond acceptors (Lipinski definition) is 2. The Balaban J connectivity index is 2.13. The molecule has 2 rings (SSSR count). The lowest BCUT2D eigenvalue weighted by molar-refractivity contribution is 0.618. The molecule has 20 heavy (non-hydrogen) atoms. The highest BCUT2D eigenvalue weighted by molar-refractivity contribution is 5.83. The number of azide groups is 2. The maximum Gasteiger partial charge on any atom is 0.123 e. The van der Waals surface area contributed by atoms with Crippen LogP contribution in [0, 0.1) is 5.82 Å². The first-order valence-corrected chi connectivity index (χ1v) is 6.05. The van der Waals surface area contributed by atoms with E-state index in [9.17, 15) is 4.39 Å². The summed E-state index contributed by atoms with van der Waals surface area (Å²) in [6, 6.07) is 4.15. The third-order valence-corrected chi connectivity index (χ3v) is 3.05. The fraction of sp³-hybridized carbons (Fsp3) is 0.333. The zero-order valence-corrected chi connectivity index (χ0v) is 10.6. The van der Waals surface area contributed by atoms with E-state index in [-0.39, 0.29) is 12.4 Å². The van der Waals surface area contributed by atoms with Crippen LogP contribution in [0.1, 0.15) is 12.0 Å². The van der Waals surface area contributed by atoms with E-state index in [2.05, 4.69) is 25.0 Å². The highest BCUT2D eigenvalue weighted by atomic mass is 19.1. The molecule has 0 spiro atoms. The van der Waals surface area contributed by atoms with Crippen molar-refractivity contribution in [3.05, 3.63) is 56.7 Å². The fourth-order valence-electron chi connectivity index (χ4n) is 2.07. The van der Waals surface area contributed by atoms with Crippen LogP contribution in [0.25, 0.3) is 31.8 Å². The summed E-state index contributed by atoms with van der Waals surface area (Å²) in [5.74, 6) is -0.293. The average Bonchev–Trinajstić information content (AvgIpc) is 2.84. The van der Waals surface area contributed by atoms with Crippen LogP contribution in [0.5, 0.6) is 0 Å². The summed E-state index contributed by atoms with van der Waals surface area (Å²) in [7, 11) is 0. The van der Waals surface area contributed by atoms with Crippen molar-refractivity contribution >= 4 is 10.9 Å². The molecule has 1 aromatic heterocycles. The molecule has 0 aliphatic heterocycles. The number of aromatic amines is 1. The van der Waals surface area contributed by atoms with Crippen molar-refractivity contribution in [1.29, 1.82) is 0 Å². The van der Waals surface area contributed by atoms with Gasteiger partial charge in [-0.3, -0.25) is 0 Å². The maximum absolute atomic E-state index is 13.2. The third-order valence-electron chi connectivity index (χ3n) is 3.05. The van der Waals surface area contributed by atoms with Crippen molar-refractivity contribution in [3.63, 3.8) is 0 Å². The molecule has 0 aliphatic rings. The summed E-state index contributed by atoms with van der Waals surface area (Å²) in [5.41, 5.74) is 18.6. The number of fused-ring (bicyclic) bond motifs is 1. The van der Waals surface area contributed by atoms with E-state index in [0.29, 0.717) is 12.8 Å². The Hall–Kier alpha value is -2.69. The zero-order chi connectivity index (χ0) is 14.4. The minimum Gasteiger partial charge on any atom is -0.361 e. The number of benzene rings is 1. The molecule has 102 valence electrons. The number of H-pyrrole nitrogens is 1. The van der Waals surface area contributed by atoms with Crippen LogP contribution in [0.3, 0.4) is 0 Å². The van der Waals surface area contributed by atoms with Crippen LogP contribution < -0.4 is 0 Å². The van der Waals surface area contributed by atoms with Crippen molar-refractivity contribution in [1.82, 2.24) is 4.98 Å². The molecule has 1 heterocycles. The van der Waals surface area contributed by atoms with E-state index >= 15 is 0 Å². The molecular formula is C12H12FN7. The highest BCUT2D eigenvalue weighted by Crippen LogP contribution is 2.21. The molecule has 7 nitrogen and oxygen atoms in total. The van der Waals surface area contributed by atoms with E-state index in [1.165, 1.54) is 12.1 Å². The standard InChI is InChI=1S/C12H12FN7/c13-9-2-4-12-11(5-9)8(6-16-12)1-3-10(18-20-15)7-17-19-14/h2,4-6,10,16H,1,3,7H2. The number of hydrogen-bond donors (Lipinski definition) is 1. The van der Waals surface area contributed by atoms with Gasteiger partial charge in [0.25, 0.3) is 0 Å². The van der Waals surface area contributed by atoms with Gasteiger partial charge in [-0.1, -0.05) is 10.2 Å². The zero-order valence-electron chi connectivity index (χ0n) is 10.6. The van der Waals surface area contributed by atoms with Gasteiger partial charge in [-0.05, 0) is 47.7 Å². The summed E-state index contributed by atoms with van der Waals surface area (Å²) >= 11 is 0. The Bertz CT molecular complexity index is 695. The summed E-state index contributed by atoms with van der Waals surface area (Å²) in [5, 5.41) is 7.82. The molecule has 1 unspecified atom stereocenters. The van der Waals surface area contributed by atoms with Crippen LogP contribution in [0.4, 0.5) is 4.39 Å². The minimum absolute atomic E-state index is 0.122. The third kappa shape index (κ3) is 3.20. The second-order valence-corrected chi connectivity index (χ2v) is 4.31. The molecule has 0 amide bonds. The fourth-order valence-corrected chi connectivity index (χ4v) is 2.07. The average molecular weight is 273 g/mol. The van der Waals surface area contributed by atoms with Crippen molar-refractivity contribution in [2.24, 2.45) is 10.2 Å². The molecule has 8 heteroatoms. The van der Waals surface area contributed by atoms with Crippen molar-refractivity contribution in [2.75, 3.05) is 6.54 Å². The molecule has 1 aromatic carbocycles. The van der Waals surface area contributed by atoms with Gasteiger partial charge in [0.1, 0.15) is 5.82 Å². The lowest BCUT2D eigenvalue weighted by Crippen LogP contribution is -2.08. The van der Waals surface area contributed by atoms with Crippen molar-refractivity contribution in [2.45, 2.75) is 18.9 Å². The first kappa shape index (κ1) is 13.7. The highest BCUT2D eigenvalue weighted by Gasteiger charge is 2.09. The van der Waals surface area contributed by atoms with E-state index in [1.807, 2.05) is 6.20 Å². The molecule has 0 bridgehead atoms. The number of aryl methyl sites for hydroxylation is 1. The minimum atomic E-state index is -0.394. The van der Waals surface area contributed by atoms with Gasteiger partial charge in [0.2, 0.25) is 0 Å². The quantitative estimate of drug-likeness (QED) is 0.461. The second-order valence-electron chi connectivity index (χ2n) is 4.31. The maximum atomic E-state index is 13.2. The van der Waals surface area contributed by atoms with Gasteiger partial charge in [-0.2, -0.15) is 0 Å². The molecule has 0 fully saturated rings. The molecule has 1 atom stereocenters. The lowest BCUT2D eigenvalue weighted by atomic mass is 10.0. The lowest BCUT2D eigenvalue weighted by Gasteiger charge is -2.06. The first-order chi connectivity index (χ1) is 9.74. The van der Waals surface area contributed by atoms with E-state index in [4.69, 9.17) is 11.1 Å². The van der Waals surface area contributed by atoms with Gasteiger partial charge in [-0.25, -0.2) is 4.39 Å². The SMILES string of the molecule is [N-]=[N+]=NCC(CCc1c[nH]c2ccc(F)cc12)N=[N+]=[N-]. The van der Waals surface area contributed by atoms with E-state index < -0.39 is 6.04 Å². The largest absolute Gasteiger partial charge is 0.361 e. The molecule has 1 N–H and O–H groups in total. The van der Waals surface area contributed by atoms with Gasteiger partial charge in [0, 0.05) is 39.5 Å². The van der Waals surface area contributed by atoms with Crippen LogP contribution in [-0.4, -0.2) is 17.6 Å². The predicted octanol–water partition coefficient (Wildman–Crippen LogP) is 4.23. The predicted molar refractivity (Wildman–Crippen MR) is 73.5 cm³/mol.